The SMILES string of the molecule is CCc1nn2c(=O)cc(CSc3cc(C)c4cccc(C)c4n3)nc2s1. The minimum absolute atomic E-state index is 0.125. The van der Waals surface area contributed by atoms with Gasteiger partial charge in [-0.3, -0.25) is 4.79 Å². The van der Waals surface area contributed by atoms with Gasteiger partial charge in [0.1, 0.15) is 5.01 Å². The van der Waals surface area contributed by atoms with E-state index in [1.165, 1.54) is 32.4 Å². The van der Waals surface area contributed by atoms with Crippen LogP contribution < -0.4 is 5.56 Å². The van der Waals surface area contributed by atoms with Gasteiger partial charge in [0.2, 0.25) is 4.96 Å². The second kappa shape index (κ2) is 6.81. The fraction of sp³-hybridized carbons (Fsp3) is 0.263. The molecule has 0 saturated carbocycles. The van der Waals surface area contributed by atoms with Crippen LogP contribution in [0.15, 0.2) is 40.2 Å². The smallest absolute Gasteiger partial charge is 0.267 e. The zero-order valence-corrected chi connectivity index (χ0v) is 16.4. The first kappa shape index (κ1) is 17.2. The topological polar surface area (TPSA) is 60.2 Å². The first-order valence-electron chi connectivity index (χ1n) is 8.43. The summed E-state index contributed by atoms with van der Waals surface area (Å²) in [6.07, 6.45) is 0.803. The van der Waals surface area contributed by atoms with Crippen molar-refractivity contribution >= 4 is 39.0 Å². The van der Waals surface area contributed by atoms with Crippen LogP contribution in [0.4, 0.5) is 0 Å². The molecule has 0 aliphatic rings. The van der Waals surface area contributed by atoms with Crippen molar-refractivity contribution in [3.63, 3.8) is 0 Å². The van der Waals surface area contributed by atoms with Crippen LogP contribution in [0.25, 0.3) is 15.9 Å². The molecule has 0 unspecified atom stereocenters. The molecule has 1 aromatic carbocycles. The van der Waals surface area contributed by atoms with Gasteiger partial charge in [0.15, 0.2) is 0 Å². The van der Waals surface area contributed by atoms with Crippen LogP contribution in [0, 0.1) is 13.8 Å². The van der Waals surface area contributed by atoms with E-state index >= 15 is 0 Å². The zero-order chi connectivity index (χ0) is 18.3. The van der Waals surface area contributed by atoms with E-state index in [1.54, 1.807) is 17.8 Å². The first-order chi connectivity index (χ1) is 12.5. The molecule has 26 heavy (non-hydrogen) atoms. The summed E-state index contributed by atoms with van der Waals surface area (Å²) >= 11 is 3.07. The van der Waals surface area contributed by atoms with E-state index in [-0.39, 0.29) is 5.56 Å². The van der Waals surface area contributed by atoms with Crippen molar-refractivity contribution in [3.8, 4) is 0 Å². The Morgan fingerprint density at radius 2 is 2.00 bits per heavy atom. The van der Waals surface area contributed by atoms with Crippen LogP contribution >= 0.6 is 23.1 Å². The molecule has 5 nitrogen and oxygen atoms in total. The molecule has 3 heterocycles. The molecule has 4 rings (SSSR count). The summed E-state index contributed by atoms with van der Waals surface area (Å²) in [6, 6.07) is 9.91. The van der Waals surface area contributed by atoms with E-state index in [4.69, 9.17) is 4.98 Å². The van der Waals surface area contributed by atoms with Crippen LogP contribution in [0.2, 0.25) is 0 Å². The Kier molecular flexibility index (Phi) is 4.50. The van der Waals surface area contributed by atoms with E-state index < -0.39 is 0 Å². The number of nitrogens with zero attached hydrogens (tertiary/aromatic N) is 4. The highest BCUT2D eigenvalue weighted by molar-refractivity contribution is 7.98. The lowest BCUT2D eigenvalue weighted by molar-refractivity contribution is 0.852. The molecule has 0 aliphatic heterocycles. The molecule has 0 spiro atoms. The Morgan fingerprint density at radius 1 is 1.15 bits per heavy atom. The van der Waals surface area contributed by atoms with Gasteiger partial charge >= 0.3 is 0 Å². The second-order valence-corrected chi connectivity index (χ2v) is 8.20. The molecule has 0 atom stereocenters. The highest BCUT2D eigenvalue weighted by Gasteiger charge is 2.10. The van der Waals surface area contributed by atoms with Crippen LogP contribution in [0.3, 0.4) is 0 Å². The van der Waals surface area contributed by atoms with E-state index in [0.717, 1.165) is 27.7 Å². The van der Waals surface area contributed by atoms with Crippen molar-refractivity contribution in [1.82, 2.24) is 19.6 Å². The van der Waals surface area contributed by atoms with Gasteiger partial charge in [-0.1, -0.05) is 48.2 Å². The number of hydrogen-bond donors (Lipinski definition) is 0. The molecular formula is C19H18N4OS2. The maximum absolute atomic E-state index is 12.3. The van der Waals surface area contributed by atoms with Gasteiger partial charge in [0.05, 0.1) is 16.2 Å². The summed E-state index contributed by atoms with van der Waals surface area (Å²) in [5.41, 5.74) is 4.05. The Hall–Kier alpha value is -2.25. The summed E-state index contributed by atoms with van der Waals surface area (Å²) in [6.45, 7) is 6.21. The number of pyridine rings is 1. The number of aromatic nitrogens is 4. The van der Waals surface area contributed by atoms with E-state index in [0.29, 0.717) is 10.7 Å². The summed E-state index contributed by atoms with van der Waals surface area (Å²) < 4.78 is 1.39. The standard InChI is InChI=1S/C19H18N4OS2/c1-4-15-22-23-17(24)9-13(20-19(23)26-15)10-25-16-8-12(3)14-7-5-6-11(2)18(14)21-16/h5-9H,4,10H2,1-3H3. The molecule has 4 aromatic rings. The highest BCUT2D eigenvalue weighted by Crippen LogP contribution is 2.27. The van der Waals surface area contributed by atoms with Crippen molar-refractivity contribution in [1.29, 1.82) is 0 Å². The Bertz CT molecular complexity index is 1180. The van der Waals surface area contributed by atoms with Gasteiger partial charge < -0.3 is 0 Å². The predicted molar refractivity (Wildman–Crippen MR) is 107 cm³/mol. The summed E-state index contributed by atoms with van der Waals surface area (Å²) in [7, 11) is 0. The molecule has 7 heteroatoms. The van der Waals surface area contributed by atoms with Crippen LogP contribution in [0.5, 0.6) is 0 Å². The van der Waals surface area contributed by atoms with Crippen molar-refractivity contribution in [2.45, 2.75) is 38.0 Å². The zero-order valence-electron chi connectivity index (χ0n) is 14.8. The van der Waals surface area contributed by atoms with Crippen molar-refractivity contribution in [2.24, 2.45) is 0 Å². The number of benzene rings is 1. The van der Waals surface area contributed by atoms with E-state index in [9.17, 15) is 4.79 Å². The number of hydrogen-bond acceptors (Lipinski definition) is 6. The Morgan fingerprint density at radius 3 is 2.81 bits per heavy atom. The lowest BCUT2D eigenvalue weighted by Crippen LogP contribution is -2.15. The molecule has 3 aromatic heterocycles. The molecule has 0 N–H and O–H groups in total. The van der Waals surface area contributed by atoms with Crippen LogP contribution in [0.1, 0.15) is 28.8 Å². The number of thioether (sulfide) groups is 1. The molecule has 0 bridgehead atoms. The maximum atomic E-state index is 12.3. The van der Waals surface area contributed by atoms with Gasteiger partial charge in [-0.25, -0.2) is 9.97 Å². The maximum Gasteiger partial charge on any atom is 0.275 e. The largest absolute Gasteiger partial charge is 0.275 e. The van der Waals surface area contributed by atoms with Gasteiger partial charge in [-0.15, -0.1) is 0 Å². The molecule has 0 radical (unpaired) electrons. The Labute approximate surface area is 159 Å². The second-order valence-electron chi connectivity index (χ2n) is 6.17. The van der Waals surface area contributed by atoms with Gasteiger partial charge in [-0.05, 0) is 37.5 Å². The lowest BCUT2D eigenvalue weighted by atomic mass is 10.1. The number of rotatable bonds is 4. The fourth-order valence-electron chi connectivity index (χ4n) is 2.87. The van der Waals surface area contributed by atoms with Crippen molar-refractivity contribution < 1.29 is 0 Å². The molecular weight excluding hydrogens is 364 g/mol. The molecule has 0 saturated heterocycles. The van der Waals surface area contributed by atoms with Crippen molar-refractivity contribution in [3.05, 3.63) is 62.5 Å². The highest BCUT2D eigenvalue weighted by atomic mass is 32.2. The number of fused-ring (bicyclic) bond motifs is 2. The molecule has 132 valence electrons. The first-order valence-corrected chi connectivity index (χ1v) is 10.2. The number of para-hydroxylation sites is 1. The normalized spacial score (nSPS) is 11.5. The minimum Gasteiger partial charge on any atom is -0.267 e. The van der Waals surface area contributed by atoms with E-state index in [2.05, 4.69) is 48.2 Å². The third-order valence-corrected chi connectivity index (χ3v) is 6.23. The van der Waals surface area contributed by atoms with Gasteiger partial charge in [0, 0.05) is 17.2 Å². The monoisotopic (exact) mass is 382 g/mol. The average molecular weight is 383 g/mol. The quantitative estimate of drug-likeness (QED) is 0.496. The fourth-order valence-corrected chi connectivity index (χ4v) is 4.58. The van der Waals surface area contributed by atoms with Crippen LogP contribution in [-0.4, -0.2) is 19.6 Å². The van der Waals surface area contributed by atoms with Crippen molar-refractivity contribution in [2.75, 3.05) is 0 Å². The number of aryl methyl sites for hydroxylation is 3. The molecule has 0 aliphatic carbocycles. The summed E-state index contributed by atoms with van der Waals surface area (Å²) in [4.78, 5) is 22.3. The van der Waals surface area contributed by atoms with E-state index in [1.807, 2.05) is 6.92 Å². The molecule has 0 fully saturated rings. The van der Waals surface area contributed by atoms with Crippen LogP contribution in [-0.2, 0) is 12.2 Å². The third kappa shape index (κ3) is 3.12. The summed E-state index contributed by atoms with van der Waals surface area (Å²) in [5, 5.41) is 7.34. The third-order valence-electron chi connectivity index (χ3n) is 4.23. The van der Waals surface area contributed by atoms with Gasteiger partial charge in [-0.2, -0.15) is 9.61 Å². The Balaban J connectivity index is 1.65. The minimum atomic E-state index is -0.125. The average Bonchev–Trinajstić information content (AvgIpc) is 3.05. The summed E-state index contributed by atoms with van der Waals surface area (Å²) in [5.74, 6) is 0.606. The lowest BCUT2D eigenvalue weighted by Gasteiger charge is -2.08. The van der Waals surface area contributed by atoms with Gasteiger partial charge in [0.25, 0.3) is 5.56 Å². The predicted octanol–water partition coefficient (Wildman–Crippen LogP) is 4.17. The molecule has 0 amide bonds.